The Kier molecular flexibility index (Phi) is 4.94. The second-order valence-electron chi connectivity index (χ2n) is 5.05. The Morgan fingerprint density at radius 2 is 1.85 bits per heavy atom. The van der Waals surface area contributed by atoms with Gasteiger partial charge in [-0.2, -0.15) is 0 Å². The maximum Gasteiger partial charge on any atom is 0.230 e. The van der Waals surface area contributed by atoms with E-state index in [2.05, 4.69) is 31.4 Å². The fourth-order valence-corrected chi connectivity index (χ4v) is 2.59. The lowest BCUT2D eigenvalue weighted by Gasteiger charge is -2.34. The summed E-state index contributed by atoms with van der Waals surface area (Å²) in [5.74, 6) is 0.113. The topological polar surface area (TPSA) is 20.3 Å². The number of rotatable bonds is 6. The van der Waals surface area contributed by atoms with Crippen molar-refractivity contribution in [1.82, 2.24) is 4.90 Å². The van der Waals surface area contributed by atoms with Crippen molar-refractivity contribution >= 4 is 5.91 Å². The minimum Gasteiger partial charge on any atom is -0.332 e. The molecule has 0 spiro atoms. The molecule has 2 rings (SSSR count). The molecule has 104 valence electrons. The van der Waals surface area contributed by atoms with Gasteiger partial charge < -0.3 is 4.90 Å². The van der Waals surface area contributed by atoms with Crippen LogP contribution in [0.4, 0.5) is 0 Å². The highest BCUT2D eigenvalue weighted by Gasteiger charge is 2.29. The van der Waals surface area contributed by atoms with Gasteiger partial charge in [0.15, 0.2) is 0 Å². The third-order valence-corrected chi connectivity index (χ3v) is 3.60. The van der Waals surface area contributed by atoms with Crippen molar-refractivity contribution in [2.75, 3.05) is 6.54 Å². The van der Waals surface area contributed by atoms with E-state index in [9.17, 15) is 4.79 Å². The van der Waals surface area contributed by atoms with Gasteiger partial charge in [0.05, 0.1) is 12.0 Å². The molecule has 1 amide bonds. The summed E-state index contributed by atoms with van der Waals surface area (Å²) in [6.07, 6.45) is 9.35. The Labute approximate surface area is 121 Å². The first-order valence-corrected chi connectivity index (χ1v) is 7.00. The van der Waals surface area contributed by atoms with Crippen molar-refractivity contribution in [1.29, 1.82) is 0 Å². The molecule has 1 aliphatic rings. The standard InChI is InChI=1S/C18H21NO/c1-3-8-17-12-11-16(18(20)19(17)13-4-2)14-15-9-6-5-7-10-15/h3-7,9-12,16-17H,1-2,8,13-14H2/t16-,17+/m1/s1. The molecular formula is C18H21NO. The third-order valence-electron chi connectivity index (χ3n) is 3.60. The quantitative estimate of drug-likeness (QED) is 0.724. The van der Waals surface area contributed by atoms with Gasteiger partial charge in [-0.05, 0) is 18.4 Å². The van der Waals surface area contributed by atoms with Crippen LogP contribution in [0.15, 0.2) is 67.8 Å². The van der Waals surface area contributed by atoms with Crippen LogP contribution in [-0.2, 0) is 11.2 Å². The number of nitrogens with zero attached hydrogens (tertiary/aromatic N) is 1. The van der Waals surface area contributed by atoms with Crippen LogP contribution in [0.2, 0.25) is 0 Å². The molecule has 0 aromatic heterocycles. The number of carbonyl (C=O) groups excluding carboxylic acids is 1. The van der Waals surface area contributed by atoms with E-state index in [1.54, 1.807) is 6.08 Å². The van der Waals surface area contributed by atoms with Crippen LogP contribution < -0.4 is 0 Å². The van der Waals surface area contributed by atoms with Crippen LogP contribution in [0.1, 0.15) is 12.0 Å². The molecule has 1 aromatic rings. The molecule has 2 nitrogen and oxygen atoms in total. The predicted octanol–water partition coefficient (Wildman–Crippen LogP) is 3.37. The average molecular weight is 267 g/mol. The summed E-state index contributed by atoms with van der Waals surface area (Å²) >= 11 is 0. The first-order chi connectivity index (χ1) is 9.76. The Bertz CT molecular complexity index is 503. The fraction of sp³-hybridized carbons (Fsp3) is 0.278. The Hall–Kier alpha value is -2.09. The lowest BCUT2D eigenvalue weighted by atomic mass is 9.92. The first kappa shape index (κ1) is 14.3. The number of hydrogen-bond acceptors (Lipinski definition) is 1. The molecule has 0 fully saturated rings. The molecule has 20 heavy (non-hydrogen) atoms. The van der Waals surface area contributed by atoms with Crippen molar-refractivity contribution in [3.8, 4) is 0 Å². The summed E-state index contributed by atoms with van der Waals surface area (Å²) < 4.78 is 0. The van der Waals surface area contributed by atoms with E-state index in [1.807, 2.05) is 35.3 Å². The smallest absolute Gasteiger partial charge is 0.230 e. The molecule has 1 heterocycles. The SMILES string of the molecule is C=CC[C@H]1C=C[C@H](Cc2ccccc2)C(=O)N1CC=C. The molecular weight excluding hydrogens is 246 g/mol. The van der Waals surface area contributed by atoms with Gasteiger partial charge in [-0.25, -0.2) is 0 Å². The van der Waals surface area contributed by atoms with Gasteiger partial charge in [0.1, 0.15) is 0 Å². The molecule has 0 saturated carbocycles. The van der Waals surface area contributed by atoms with Crippen molar-refractivity contribution in [2.24, 2.45) is 5.92 Å². The van der Waals surface area contributed by atoms with Gasteiger partial charge in [-0.1, -0.05) is 54.6 Å². The summed E-state index contributed by atoms with van der Waals surface area (Å²) in [7, 11) is 0. The Morgan fingerprint density at radius 3 is 2.50 bits per heavy atom. The summed E-state index contributed by atoms with van der Waals surface area (Å²) in [6, 6.07) is 10.3. The van der Waals surface area contributed by atoms with Crippen LogP contribution in [0.5, 0.6) is 0 Å². The number of hydrogen-bond donors (Lipinski definition) is 0. The van der Waals surface area contributed by atoms with Gasteiger partial charge in [0, 0.05) is 6.54 Å². The van der Waals surface area contributed by atoms with E-state index in [-0.39, 0.29) is 17.9 Å². The molecule has 2 heteroatoms. The monoisotopic (exact) mass is 267 g/mol. The van der Waals surface area contributed by atoms with Crippen LogP contribution in [-0.4, -0.2) is 23.4 Å². The van der Waals surface area contributed by atoms with Gasteiger partial charge in [-0.3, -0.25) is 4.79 Å². The van der Waals surface area contributed by atoms with Crippen LogP contribution in [0, 0.1) is 5.92 Å². The highest BCUT2D eigenvalue weighted by molar-refractivity contribution is 5.82. The zero-order chi connectivity index (χ0) is 14.4. The lowest BCUT2D eigenvalue weighted by Crippen LogP contribution is -2.45. The molecule has 0 aliphatic carbocycles. The van der Waals surface area contributed by atoms with E-state index < -0.39 is 0 Å². The minimum absolute atomic E-state index is 0.0709. The third kappa shape index (κ3) is 3.27. The molecule has 0 bridgehead atoms. The maximum absolute atomic E-state index is 12.6. The van der Waals surface area contributed by atoms with Crippen molar-refractivity contribution in [3.63, 3.8) is 0 Å². The van der Waals surface area contributed by atoms with Crippen molar-refractivity contribution in [2.45, 2.75) is 18.9 Å². The van der Waals surface area contributed by atoms with Gasteiger partial charge in [-0.15, -0.1) is 13.2 Å². The number of carbonyl (C=O) groups is 1. The highest BCUT2D eigenvalue weighted by atomic mass is 16.2. The number of amides is 1. The van der Waals surface area contributed by atoms with E-state index >= 15 is 0 Å². The summed E-state index contributed by atoms with van der Waals surface area (Å²) in [5.41, 5.74) is 1.19. The molecule has 1 aliphatic heterocycles. The zero-order valence-corrected chi connectivity index (χ0v) is 11.7. The summed E-state index contributed by atoms with van der Waals surface area (Å²) in [5, 5.41) is 0. The maximum atomic E-state index is 12.6. The Balaban J connectivity index is 2.15. The molecule has 0 N–H and O–H groups in total. The summed E-state index contributed by atoms with van der Waals surface area (Å²) in [4.78, 5) is 14.5. The van der Waals surface area contributed by atoms with Gasteiger partial charge in [0.2, 0.25) is 5.91 Å². The van der Waals surface area contributed by atoms with Crippen LogP contribution >= 0.6 is 0 Å². The van der Waals surface area contributed by atoms with Crippen LogP contribution in [0.3, 0.4) is 0 Å². The molecule has 0 unspecified atom stereocenters. The first-order valence-electron chi connectivity index (χ1n) is 7.00. The van der Waals surface area contributed by atoms with Crippen molar-refractivity contribution < 1.29 is 4.79 Å². The van der Waals surface area contributed by atoms with E-state index in [4.69, 9.17) is 0 Å². The second-order valence-corrected chi connectivity index (χ2v) is 5.05. The van der Waals surface area contributed by atoms with Gasteiger partial charge in [0.25, 0.3) is 0 Å². The average Bonchev–Trinajstić information content (AvgIpc) is 2.47. The van der Waals surface area contributed by atoms with Crippen molar-refractivity contribution in [3.05, 3.63) is 73.4 Å². The van der Waals surface area contributed by atoms with E-state index in [0.717, 1.165) is 12.8 Å². The van der Waals surface area contributed by atoms with Crippen LogP contribution in [0.25, 0.3) is 0 Å². The fourth-order valence-electron chi connectivity index (χ4n) is 2.59. The number of benzene rings is 1. The summed E-state index contributed by atoms with van der Waals surface area (Å²) in [6.45, 7) is 8.10. The second kappa shape index (κ2) is 6.90. The minimum atomic E-state index is -0.0709. The molecule has 0 radical (unpaired) electrons. The largest absolute Gasteiger partial charge is 0.332 e. The van der Waals surface area contributed by atoms with E-state index in [0.29, 0.717) is 6.54 Å². The zero-order valence-electron chi connectivity index (χ0n) is 11.7. The van der Waals surface area contributed by atoms with E-state index in [1.165, 1.54) is 5.56 Å². The lowest BCUT2D eigenvalue weighted by molar-refractivity contribution is -0.135. The highest BCUT2D eigenvalue weighted by Crippen LogP contribution is 2.22. The Morgan fingerprint density at radius 1 is 1.10 bits per heavy atom. The molecule has 2 atom stereocenters. The molecule has 0 saturated heterocycles. The van der Waals surface area contributed by atoms with Gasteiger partial charge >= 0.3 is 0 Å². The predicted molar refractivity (Wildman–Crippen MR) is 83.3 cm³/mol. The molecule has 1 aromatic carbocycles. The normalized spacial score (nSPS) is 21.8.